The number of aliphatic hydroxyl groups excluding tert-OH is 1. The Hall–Kier alpha value is -0.990. The molecular formula is C8H12O3. The summed E-state index contributed by atoms with van der Waals surface area (Å²) in [5.41, 5.74) is 0.457. The molecule has 0 heterocycles. The molecule has 11 heavy (non-hydrogen) atoms. The molecule has 0 aromatic rings. The molecule has 0 spiro atoms. The van der Waals surface area contributed by atoms with Gasteiger partial charge in [-0.2, -0.15) is 0 Å². The molecule has 1 rings (SSSR count). The van der Waals surface area contributed by atoms with Gasteiger partial charge in [0.1, 0.15) is 5.76 Å². The molecule has 1 aliphatic carbocycles. The van der Waals surface area contributed by atoms with E-state index in [0.29, 0.717) is 18.4 Å². The van der Waals surface area contributed by atoms with E-state index in [0.717, 1.165) is 12.8 Å². The minimum atomic E-state index is -0.387. The van der Waals surface area contributed by atoms with Crippen molar-refractivity contribution in [2.75, 3.05) is 7.11 Å². The predicted octanol–water partition coefficient (Wildman–Crippen LogP) is 1.55. The van der Waals surface area contributed by atoms with Crippen LogP contribution in [0.2, 0.25) is 0 Å². The Morgan fingerprint density at radius 1 is 1.45 bits per heavy atom. The normalized spacial score (nSPS) is 18.3. The van der Waals surface area contributed by atoms with Crippen molar-refractivity contribution in [3.8, 4) is 0 Å². The lowest BCUT2D eigenvalue weighted by molar-refractivity contribution is -0.136. The Kier molecular flexibility index (Phi) is 2.52. The van der Waals surface area contributed by atoms with Gasteiger partial charge in [0.25, 0.3) is 0 Å². The van der Waals surface area contributed by atoms with Gasteiger partial charge < -0.3 is 9.84 Å². The minimum absolute atomic E-state index is 0.211. The van der Waals surface area contributed by atoms with E-state index in [-0.39, 0.29) is 11.7 Å². The summed E-state index contributed by atoms with van der Waals surface area (Å²) in [5.74, 6) is -0.176. The van der Waals surface area contributed by atoms with Crippen molar-refractivity contribution in [1.29, 1.82) is 0 Å². The van der Waals surface area contributed by atoms with Crippen molar-refractivity contribution in [3.05, 3.63) is 11.3 Å². The molecule has 1 aliphatic rings. The van der Waals surface area contributed by atoms with Gasteiger partial charge in [-0.25, -0.2) is 4.79 Å². The third-order valence-electron chi connectivity index (χ3n) is 1.87. The first kappa shape index (κ1) is 8.11. The zero-order valence-corrected chi connectivity index (χ0v) is 6.59. The molecule has 0 saturated carbocycles. The SMILES string of the molecule is COC(=O)C1=C(O)CCCC1. The van der Waals surface area contributed by atoms with Crippen molar-refractivity contribution < 1.29 is 14.6 Å². The van der Waals surface area contributed by atoms with Gasteiger partial charge >= 0.3 is 5.97 Å². The van der Waals surface area contributed by atoms with Crippen molar-refractivity contribution in [3.63, 3.8) is 0 Å². The predicted molar refractivity (Wildman–Crippen MR) is 40.1 cm³/mol. The van der Waals surface area contributed by atoms with Crippen LogP contribution in [0.5, 0.6) is 0 Å². The number of hydrogen-bond acceptors (Lipinski definition) is 3. The second-order valence-electron chi connectivity index (χ2n) is 2.62. The number of esters is 1. The quantitative estimate of drug-likeness (QED) is 0.586. The first-order valence-corrected chi connectivity index (χ1v) is 3.75. The standard InChI is InChI=1S/C8H12O3/c1-11-8(10)6-4-2-3-5-7(6)9/h9H,2-5H2,1H3. The van der Waals surface area contributed by atoms with Crippen LogP contribution >= 0.6 is 0 Å². The molecule has 0 saturated heterocycles. The van der Waals surface area contributed by atoms with Crippen LogP contribution in [0.1, 0.15) is 25.7 Å². The summed E-state index contributed by atoms with van der Waals surface area (Å²) in [4.78, 5) is 10.9. The Morgan fingerprint density at radius 2 is 2.09 bits per heavy atom. The van der Waals surface area contributed by atoms with Gasteiger partial charge in [-0.15, -0.1) is 0 Å². The van der Waals surface area contributed by atoms with Crippen LogP contribution in [0.15, 0.2) is 11.3 Å². The third-order valence-corrected chi connectivity index (χ3v) is 1.87. The highest BCUT2D eigenvalue weighted by Crippen LogP contribution is 2.23. The lowest BCUT2D eigenvalue weighted by atomic mass is 9.98. The first-order valence-electron chi connectivity index (χ1n) is 3.75. The highest BCUT2D eigenvalue weighted by atomic mass is 16.5. The molecule has 0 aromatic heterocycles. The molecule has 0 aromatic carbocycles. The Labute approximate surface area is 65.7 Å². The van der Waals surface area contributed by atoms with Crippen LogP contribution in [0.4, 0.5) is 0 Å². The van der Waals surface area contributed by atoms with Crippen LogP contribution in [0.25, 0.3) is 0 Å². The van der Waals surface area contributed by atoms with Gasteiger partial charge in [-0.05, 0) is 19.3 Å². The smallest absolute Gasteiger partial charge is 0.337 e. The van der Waals surface area contributed by atoms with Crippen molar-refractivity contribution in [1.82, 2.24) is 0 Å². The van der Waals surface area contributed by atoms with Crippen molar-refractivity contribution in [2.45, 2.75) is 25.7 Å². The van der Waals surface area contributed by atoms with E-state index < -0.39 is 0 Å². The van der Waals surface area contributed by atoms with Gasteiger partial charge in [0.15, 0.2) is 0 Å². The summed E-state index contributed by atoms with van der Waals surface area (Å²) in [6.07, 6.45) is 3.20. The van der Waals surface area contributed by atoms with Crippen LogP contribution in [-0.4, -0.2) is 18.2 Å². The van der Waals surface area contributed by atoms with E-state index >= 15 is 0 Å². The number of allylic oxidation sites excluding steroid dienone is 1. The number of methoxy groups -OCH3 is 1. The number of aliphatic hydroxyl groups is 1. The average Bonchev–Trinajstić information content (AvgIpc) is 2.04. The van der Waals surface area contributed by atoms with Gasteiger partial charge in [0, 0.05) is 6.42 Å². The van der Waals surface area contributed by atoms with E-state index in [1.807, 2.05) is 0 Å². The molecule has 62 valence electrons. The Balaban J connectivity index is 2.74. The third kappa shape index (κ3) is 1.73. The second-order valence-corrected chi connectivity index (χ2v) is 2.62. The summed E-state index contributed by atoms with van der Waals surface area (Å²) >= 11 is 0. The molecule has 0 amide bonds. The molecule has 3 heteroatoms. The second kappa shape index (κ2) is 3.42. The van der Waals surface area contributed by atoms with Gasteiger partial charge in [0.2, 0.25) is 0 Å². The number of hydrogen-bond donors (Lipinski definition) is 1. The molecule has 3 nitrogen and oxygen atoms in total. The summed E-state index contributed by atoms with van der Waals surface area (Å²) in [6.45, 7) is 0. The maximum Gasteiger partial charge on any atom is 0.337 e. The molecule has 0 bridgehead atoms. The van der Waals surface area contributed by atoms with Crippen LogP contribution in [0.3, 0.4) is 0 Å². The van der Waals surface area contributed by atoms with Gasteiger partial charge in [-0.3, -0.25) is 0 Å². The maximum atomic E-state index is 10.9. The average molecular weight is 156 g/mol. The highest BCUT2D eigenvalue weighted by Gasteiger charge is 2.18. The Morgan fingerprint density at radius 3 is 2.64 bits per heavy atom. The molecule has 1 N–H and O–H groups in total. The molecule has 0 atom stereocenters. The summed E-state index contributed by atoms with van der Waals surface area (Å²) in [7, 11) is 1.33. The monoisotopic (exact) mass is 156 g/mol. The topological polar surface area (TPSA) is 46.5 Å². The van der Waals surface area contributed by atoms with E-state index in [1.165, 1.54) is 7.11 Å². The molecule has 0 aliphatic heterocycles. The summed E-state index contributed by atoms with van der Waals surface area (Å²) in [5, 5.41) is 9.25. The van der Waals surface area contributed by atoms with Crippen molar-refractivity contribution in [2.24, 2.45) is 0 Å². The minimum Gasteiger partial charge on any atom is -0.512 e. The van der Waals surface area contributed by atoms with Crippen LogP contribution in [0, 0.1) is 0 Å². The zero-order chi connectivity index (χ0) is 8.27. The van der Waals surface area contributed by atoms with Crippen molar-refractivity contribution >= 4 is 5.97 Å². The molecule has 0 unspecified atom stereocenters. The van der Waals surface area contributed by atoms with E-state index in [1.54, 1.807) is 0 Å². The molecule has 0 radical (unpaired) electrons. The molecular weight excluding hydrogens is 144 g/mol. The van der Waals surface area contributed by atoms with Crippen LogP contribution in [-0.2, 0) is 9.53 Å². The maximum absolute atomic E-state index is 10.9. The number of carbonyl (C=O) groups is 1. The van der Waals surface area contributed by atoms with E-state index in [2.05, 4.69) is 4.74 Å². The van der Waals surface area contributed by atoms with Gasteiger partial charge in [0.05, 0.1) is 12.7 Å². The first-order chi connectivity index (χ1) is 5.25. The lowest BCUT2D eigenvalue weighted by Crippen LogP contribution is -2.11. The lowest BCUT2D eigenvalue weighted by Gasteiger charge is -2.13. The fraction of sp³-hybridized carbons (Fsp3) is 0.625. The number of rotatable bonds is 1. The molecule has 0 fully saturated rings. The van der Waals surface area contributed by atoms with Crippen LogP contribution < -0.4 is 0 Å². The zero-order valence-electron chi connectivity index (χ0n) is 6.59. The van der Waals surface area contributed by atoms with E-state index in [4.69, 9.17) is 0 Å². The van der Waals surface area contributed by atoms with E-state index in [9.17, 15) is 9.90 Å². The van der Waals surface area contributed by atoms with Gasteiger partial charge in [-0.1, -0.05) is 0 Å². The Bertz CT molecular complexity index is 194. The summed E-state index contributed by atoms with van der Waals surface area (Å²) in [6, 6.07) is 0. The fourth-order valence-electron chi connectivity index (χ4n) is 1.23. The number of ether oxygens (including phenoxy) is 1. The highest BCUT2D eigenvalue weighted by molar-refractivity contribution is 5.88. The number of carbonyl (C=O) groups excluding carboxylic acids is 1. The largest absolute Gasteiger partial charge is 0.512 e. The fourth-order valence-corrected chi connectivity index (χ4v) is 1.23. The summed E-state index contributed by atoms with van der Waals surface area (Å²) < 4.78 is 4.50.